The molecule has 0 amide bonds. The average Bonchev–Trinajstić information content (AvgIpc) is 2.50. The summed E-state index contributed by atoms with van der Waals surface area (Å²) < 4.78 is 0. The molecule has 1 aliphatic rings. The molecule has 92 valence electrons. The molecule has 0 atom stereocenters. The lowest BCUT2D eigenvalue weighted by Gasteiger charge is -2.12. The Morgan fingerprint density at radius 2 is 2.06 bits per heavy atom. The van der Waals surface area contributed by atoms with Crippen molar-refractivity contribution in [3.63, 3.8) is 0 Å². The minimum absolute atomic E-state index is 0.0944. The highest BCUT2D eigenvalue weighted by atomic mass is 16.4. The minimum Gasteiger partial charge on any atom is -0.480 e. The van der Waals surface area contributed by atoms with Gasteiger partial charge in [-0.25, -0.2) is 9.97 Å². The standard InChI is InChI=1S/C12H17N3O2/c1-8-14-10-6-4-2-3-5-9(10)12(15-8)13-7-11(16)17/h2-7H2,1H3,(H,16,17)(H,13,14,15). The lowest BCUT2D eigenvalue weighted by atomic mass is 10.1. The van der Waals surface area contributed by atoms with Gasteiger partial charge < -0.3 is 10.4 Å². The van der Waals surface area contributed by atoms with Crippen molar-refractivity contribution in [2.75, 3.05) is 11.9 Å². The molecule has 0 saturated carbocycles. The summed E-state index contributed by atoms with van der Waals surface area (Å²) in [5.41, 5.74) is 2.19. The maximum atomic E-state index is 10.6. The first-order valence-corrected chi connectivity index (χ1v) is 5.99. The SMILES string of the molecule is Cc1nc2c(c(NCC(=O)O)n1)CCCCC2. The van der Waals surface area contributed by atoms with E-state index in [4.69, 9.17) is 5.11 Å². The second-order valence-corrected chi connectivity index (χ2v) is 4.35. The molecular weight excluding hydrogens is 218 g/mol. The van der Waals surface area contributed by atoms with Crippen LogP contribution in [-0.4, -0.2) is 27.6 Å². The van der Waals surface area contributed by atoms with Crippen LogP contribution >= 0.6 is 0 Å². The van der Waals surface area contributed by atoms with Crippen molar-refractivity contribution in [1.82, 2.24) is 9.97 Å². The van der Waals surface area contributed by atoms with Crippen LogP contribution in [0.25, 0.3) is 0 Å². The van der Waals surface area contributed by atoms with E-state index in [-0.39, 0.29) is 6.54 Å². The van der Waals surface area contributed by atoms with Gasteiger partial charge in [0.1, 0.15) is 18.2 Å². The van der Waals surface area contributed by atoms with Crippen LogP contribution in [0.1, 0.15) is 36.3 Å². The van der Waals surface area contributed by atoms with Crippen LogP contribution in [-0.2, 0) is 17.6 Å². The number of hydrogen-bond acceptors (Lipinski definition) is 4. The molecule has 17 heavy (non-hydrogen) atoms. The van der Waals surface area contributed by atoms with Crippen LogP contribution in [0.15, 0.2) is 0 Å². The van der Waals surface area contributed by atoms with Gasteiger partial charge in [-0.3, -0.25) is 4.79 Å². The van der Waals surface area contributed by atoms with Crippen molar-refractivity contribution in [3.05, 3.63) is 17.1 Å². The predicted octanol–water partition coefficient (Wildman–Crippen LogP) is 1.55. The molecule has 0 radical (unpaired) electrons. The molecule has 0 unspecified atom stereocenters. The first kappa shape index (κ1) is 11.8. The molecular formula is C12H17N3O2. The summed E-state index contributed by atoms with van der Waals surface area (Å²) in [6, 6.07) is 0. The van der Waals surface area contributed by atoms with Crippen molar-refractivity contribution in [1.29, 1.82) is 0 Å². The number of aromatic nitrogens is 2. The number of nitrogens with one attached hydrogen (secondary N) is 1. The number of aliphatic carboxylic acids is 1. The van der Waals surface area contributed by atoms with Gasteiger partial charge in [-0.15, -0.1) is 0 Å². The van der Waals surface area contributed by atoms with Crippen LogP contribution in [0.5, 0.6) is 0 Å². The molecule has 0 bridgehead atoms. The van der Waals surface area contributed by atoms with Crippen LogP contribution in [0.3, 0.4) is 0 Å². The fourth-order valence-corrected chi connectivity index (χ4v) is 2.20. The molecule has 0 spiro atoms. The highest BCUT2D eigenvalue weighted by molar-refractivity contribution is 5.72. The Bertz CT molecular complexity index is 432. The Kier molecular flexibility index (Phi) is 3.56. The molecule has 0 fully saturated rings. The molecule has 5 heteroatoms. The van der Waals surface area contributed by atoms with E-state index in [1.54, 1.807) is 0 Å². The Labute approximate surface area is 100 Å². The Morgan fingerprint density at radius 3 is 2.82 bits per heavy atom. The van der Waals surface area contributed by atoms with E-state index in [9.17, 15) is 4.79 Å². The van der Waals surface area contributed by atoms with Gasteiger partial charge in [-0.1, -0.05) is 6.42 Å². The van der Waals surface area contributed by atoms with Crippen molar-refractivity contribution < 1.29 is 9.90 Å². The normalized spacial score (nSPS) is 14.9. The van der Waals surface area contributed by atoms with Gasteiger partial charge in [-0.05, 0) is 32.6 Å². The number of rotatable bonds is 3. The number of anilines is 1. The van der Waals surface area contributed by atoms with Crippen molar-refractivity contribution in [3.8, 4) is 0 Å². The summed E-state index contributed by atoms with van der Waals surface area (Å²) in [5, 5.41) is 11.6. The van der Waals surface area contributed by atoms with Crippen LogP contribution < -0.4 is 5.32 Å². The summed E-state index contributed by atoms with van der Waals surface area (Å²) in [4.78, 5) is 19.4. The van der Waals surface area contributed by atoms with Crippen molar-refractivity contribution in [2.24, 2.45) is 0 Å². The van der Waals surface area contributed by atoms with Crippen molar-refractivity contribution in [2.45, 2.75) is 39.0 Å². The predicted molar refractivity (Wildman–Crippen MR) is 64.2 cm³/mol. The Hall–Kier alpha value is -1.65. The van der Waals surface area contributed by atoms with Crippen LogP contribution in [0.2, 0.25) is 0 Å². The average molecular weight is 235 g/mol. The number of carboxylic acids is 1. The lowest BCUT2D eigenvalue weighted by Crippen LogP contribution is -2.16. The monoisotopic (exact) mass is 235 g/mol. The third-order valence-electron chi connectivity index (χ3n) is 2.95. The summed E-state index contributed by atoms with van der Waals surface area (Å²) in [6.45, 7) is 1.75. The number of carbonyl (C=O) groups is 1. The number of nitrogens with zero attached hydrogens (tertiary/aromatic N) is 2. The Balaban J connectivity index is 2.29. The topological polar surface area (TPSA) is 75.1 Å². The summed E-state index contributed by atoms with van der Waals surface area (Å²) in [6.07, 6.45) is 5.40. The molecule has 0 saturated heterocycles. The number of carboxylic acid groups (broad SMARTS) is 1. The summed E-state index contributed by atoms with van der Waals surface area (Å²) in [5.74, 6) is 0.541. The largest absolute Gasteiger partial charge is 0.480 e. The van der Waals surface area contributed by atoms with Crippen LogP contribution in [0.4, 0.5) is 5.82 Å². The Morgan fingerprint density at radius 1 is 1.29 bits per heavy atom. The molecule has 1 aromatic heterocycles. The van der Waals surface area contributed by atoms with Crippen LogP contribution in [0, 0.1) is 6.92 Å². The van der Waals surface area contributed by atoms with Crippen molar-refractivity contribution >= 4 is 11.8 Å². The third-order valence-corrected chi connectivity index (χ3v) is 2.95. The fraction of sp³-hybridized carbons (Fsp3) is 0.583. The molecule has 0 aliphatic heterocycles. The van der Waals surface area contributed by atoms with E-state index in [1.807, 2.05) is 6.92 Å². The zero-order chi connectivity index (χ0) is 12.3. The molecule has 5 nitrogen and oxygen atoms in total. The summed E-state index contributed by atoms with van der Waals surface area (Å²) in [7, 11) is 0. The number of fused-ring (bicyclic) bond motifs is 1. The zero-order valence-electron chi connectivity index (χ0n) is 9.99. The van der Waals surface area contributed by atoms with Gasteiger partial charge in [0.05, 0.1) is 0 Å². The highest BCUT2D eigenvalue weighted by Crippen LogP contribution is 2.24. The maximum absolute atomic E-state index is 10.6. The number of hydrogen-bond donors (Lipinski definition) is 2. The molecule has 2 rings (SSSR count). The third kappa shape index (κ3) is 2.93. The fourth-order valence-electron chi connectivity index (χ4n) is 2.20. The van der Waals surface area contributed by atoms with Gasteiger partial charge in [0.25, 0.3) is 0 Å². The van der Waals surface area contributed by atoms with Gasteiger partial charge in [0.2, 0.25) is 0 Å². The van der Waals surface area contributed by atoms with E-state index in [0.29, 0.717) is 11.6 Å². The first-order chi connectivity index (χ1) is 8.16. The second-order valence-electron chi connectivity index (χ2n) is 4.35. The molecule has 2 N–H and O–H groups in total. The molecule has 0 aromatic carbocycles. The first-order valence-electron chi connectivity index (χ1n) is 5.99. The van der Waals surface area contributed by atoms with E-state index in [0.717, 1.165) is 36.9 Å². The van der Waals surface area contributed by atoms with Gasteiger partial charge in [-0.2, -0.15) is 0 Å². The van der Waals surface area contributed by atoms with Gasteiger partial charge >= 0.3 is 5.97 Å². The zero-order valence-corrected chi connectivity index (χ0v) is 9.99. The molecule has 1 heterocycles. The second kappa shape index (κ2) is 5.12. The molecule has 1 aliphatic carbocycles. The van der Waals surface area contributed by atoms with Gasteiger partial charge in [0.15, 0.2) is 0 Å². The highest BCUT2D eigenvalue weighted by Gasteiger charge is 2.15. The van der Waals surface area contributed by atoms with E-state index in [1.165, 1.54) is 6.42 Å². The summed E-state index contributed by atoms with van der Waals surface area (Å²) >= 11 is 0. The van der Waals surface area contributed by atoms with E-state index < -0.39 is 5.97 Å². The molecule has 1 aromatic rings. The smallest absolute Gasteiger partial charge is 0.322 e. The quantitative estimate of drug-likeness (QED) is 0.777. The van der Waals surface area contributed by atoms with Gasteiger partial charge in [0, 0.05) is 11.3 Å². The number of aryl methyl sites for hydroxylation is 2. The lowest BCUT2D eigenvalue weighted by molar-refractivity contribution is -0.134. The maximum Gasteiger partial charge on any atom is 0.322 e. The minimum atomic E-state index is -0.872. The van der Waals surface area contributed by atoms with E-state index in [2.05, 4.69) is 15.3 Å². The van der Waals surface area contributed by atoms with E-state index >= 15 is 0 Å².